The van der Waals surface area contributed by atoms with Crippen molar-refractivity contribution in [3.8, 4) is 0 Å². The molecule has 0 aliphatic rings. The van der Waals surface area contributed by atoms with Crippen LogP contribution in [-0.4, -0.2) is 17.8 Å². The molecule has 15 heavy (non-hydrogen) atoms. The van der Waals surface area contributed by atoms with Gasteiger partial charge in [-0.2, -0.15) is 0 Å². The van der Waals surface area contributed by atoms with E-state index in [0.717, 1.165) is 12.1 Å². The van der Waals surface area contributed by atoms with E-state index in [-0.39, 0.29) is 19.2 Å². The summed E-state index contributed by atoms with van der Waals surface area (Å²) in [5.74, 6) is -3.87. The molecule has 0 aliphatic carbocycles. The summed E-state index contributed by atoms with van der Waals surface area (Å²) in [6, 6.07) is 1.67. The monoisotopic (exact) mass is 219 g/mol. The van der Waals surface area contributed by atoms with Gasteiger partial charge in [-0.1, -0.05) is 0 Å². The van der Waals surface area contributed by atoms with Crippen molar-refractivity contribution in [3.05, 3.63) is 35.1 Å². The summed E-state index contributed by atoms with van der Waals surface area (Å²) in [5, 5.41) is 11.5. The van der Waals surface area contributed by atoms with E-state index < -0.39 is 17.5 Å². The number of rotatable bonds is 4. The Morgan fingerprint density at radius 2 is 1.80 bits per heavy atom. The van der Waals surface area contributed by atoms with Crippen LogP contribution in [0.1, 0.15) is 12.5 Å². The highest BCUT2D eigenvalue weighted by Crippen LogP contribution is 2.13. The minimum absolute atomic E-state index is 0.0772. The Bertz CT molecular complexity index is 320. The maximum Gasteiger partial charge on any atom is 0.194 e. The van der Waals surface area contributed by atoms with Gasteiger partial charge >= 0.3 is 0 Å². The fourth-order valence-electron chi connectivity index (χ4n) is 1.07. The molecule has 0 aromatic heterocycles. The second-order valence-electron chi connectivity index (χ2n) is 3.34. The molecular weight excluding hydrogens is 207 g/mol. The first-order chi connectivity index (χ1) is 7.04. The van der Waals surface area contributed by atoms with Gasteiger partial charge in [0.25, 0.3) is 0 Å². The number of benzene rings is 1. The predicted octanol–water partition coefficient (Wildman–Crippen LogP) is 1.57. The van der Waals surface area contributed by atoms with E-state index in [1.54, 1.807) is 6.92 Å². The quantitative estimate of drug-likeness (QED) is 0.753. The largest absolute Gasteiger partial charge is 0.395 e. The molecular formula is C10H12F3NO. The number of hydrogen-bond acceptors (Lipinski definition) is 2. The third-order valence-corrected chi connectivity index (χ3v) is 1.97. The lowest BCUT2D eigenvalue weighted by Gasteiger charge is -2.10. The highest BCUT2D eigenvalue weighted by atomic mass is 19.2. The van der Waals surface area contributed by atoms with E-state index in [0.29, 0.717) is 5.56 Å². The van der Waals surface area contributed by atoms with Crippen LogP contribution in [0.15, 0.2) is 12.1 Å². The average molecular weight is 219 g/mol. The third-order valence-electron chi connectivity index (χ3n) is 1.97. The van der Waals surface area contributed by atoms with Gasteiger partial charge in [0.2, 0.25) is 0 Å². The van der Waals surface area contributed by atoms with E-state index in [2.05, 4.69) is 5.32 Å². The minimum Gasteiger partial charge on any atom is -0.395 e. The molecule has 0 bridgehead atoms. The Morgan fingerprint density at radius 3 is 2.27 bits per heavy atom. The standard InChI is InChI=1S/C10H12F3NO/c1-6(5-15)14-4-7-2-8(11)10(13)9(12)3-7/h2-3,6,14-15H,4-5H2,1H3. The number of aliphatic hydroxyl groups is 1. The molecule has 1 rings (SSSR count). The van der Waals surface area contributed by atoms with Crippen LogP contribution in [0.3, 0.4) is 0 Å². The van der Waals surface area contributed by atoms with Crippen LogP contribution >= 0.6 is 0 Å². The van der Waals surface area contributed by atoms with Crippen LogP contribution in [0, 0.1) is 17.5 Å². The molecule has 84 valence electrons. The maximum absolute atomic E-state index is 12.8. The molecule has 0 saturated carbocycles. The first kappa shape index (κ1) is 12.0. The smallest absolute Gasteiger partial charge is 0.194 e. The maximum atomic E-state index is 12.8. The second-order valence-corrected chi connectivity index (χ2v) is 3.34. The molecule has 1 aromatic rings. The van der Waals surface area contributed by atoms with E-state index in [9.17, 15) is 13.2 Å². The van der Waals surface area contributed by atoms with Gasteiger partial charge in [-0.25, -0.2) is 13.2 Å². The summed E-state index contributed by atoms with van der Waals surface area (Å²) in [6.07, 6.45) is 0. The molecule has 1 unspecified atom stereocenters. The van der Waals surface area contributed by atoms with E-state index in [4.69, 9.17) is 5.11 Å². The van der Waals surface area contributed by atoms with Crippen molar-refractivity contribution >= 4 is 0 Å². The minimum atomic E-state index is -1.46. The zero-order valence-electron chi connectivity index (χ0n) is 8.23. The molecule has 0 fully saturated rings. The summed E-state index contributed by atoms with van der Waals surface area (Å²) in [6.45, 7) is 1.82. The Kier molecular flexibility index (Phi) is 4.11. The van der Waals surface area contributed by atoms with Crippen LogP contribution in [-0.2, 0) is 6.54 Å². The molecule has 0 spiro atoms. The van der Waals surface area contributed by atoms with Crippen LogP contribution in [0.25, 0.3) is 0 Å². The molecule has 1 aromatic carbocycles. The van der Waals surface area contributed by atoms with Gasteiger partial charge in [0.15, 0.2) is 17.5 Å². The molecule has 1 atom stereocenters. The Labute approximate surface area is 85.7 Å². The first-order valence-electron chi connectivity index (χ1n) is 4.52. The molecule has 0 aliphatic heterocycles. The fraction of sp³-hybridized carbons (Fsp3) is 0.400. The lowest BCUT2D eigenvalue weighted by atomic mass is 10.2. The molecule has 0 amide bonds. The third kappa shape index (κ3) is 3.21. The van der Waals surface area contributed by atoms with Crippen molar-refractivity contribution in [3.63, 3.8) is 0 Å². The molecule has 0 heterocycles. The van der Waals surface area contributed by atoms with Crippen molar-refractivity contribution < 1.29 is 18.3 Å². The molecule has 0 saturated heterocycles. The van der Waals surface area contributed by atoms with Crippen LogP contribution in [0.5, 0.6) is 0 Å². The van der Waals surface area contributed by atoms with Crippen molar-refractivity contribution in [2.24, 2.45) is 0 Å². The predicted molar refractivity (Wildman–Crippen MR) is 49.7 cm³/mol. The van der Waals surface area contributed by atoms with Gasteiger partial charge < -0.3 is 10.4 Å². The fourth-order valence-corrected chi connectivity index (χ4v) is 1.07. The summed E-state index contributed by atoms with van der Waals surface area (Å²) < 4.78 is 38.1. The Balaban J connectivity index is 2.70. The summed E-state index contributed by atoms with van der Waals surface area (Å²) in [7, 11) is 0. The van der Waals surface area contributed by atoms with E-state index in [1.165, 1.54) is 0 Å². The van der Waals surface area contributed by atoms with Crippen molar-refractivity contribution in [1.82, 2.24) is 5.32 Å². The lowest BCUT2D eigenvalue weighted by molar-refractivity contribution is 0.251. The van der Waals surface area contributed by atoms with Crippen molar-refractivity contribution in [2.45, 2.75) is 19.5 Å². The summed E-state index contributed by atoms with van der Waals surface area (Å²) in [4.78, 5) is 0. The van der Waals surface area contributed by atoms with Crippen LogP contribution in [0.4, 0.5) is 13.2 Å². The number of hydrogen-bond donors (Lipinski definition) is 2. The summed E-state index contributed by atoms with van der Waals surface area (Å²) in [5.41, 5.74) is 0.298. The Morgan fingerprint density at radius 1 is 1.27 bits per heavy atom. The molecule has 2 N–H and O–H groups in total. The molecule has 5 heteroatoms. The zero-order valence-corrected chi connectivity index (χ0v) is 8.23. The van der Waals surface area contributed by atoms with Crippen molar-refractivity contribution in [2.75, 3.05) is 6.61 Å². The highest BCUT2D eigenvalue weighted by Gasteiger charge is 2.10. The second kappa shape index (κ2) is 5.14. The zero-order chi connectivity index (χ0) is 11.4. The van der Waals surface area contributed by atoms with Gasteiger partial charge in [-0.3, -0.25) is 0 Å². The normalized spacial score (nSPS) is 12.9. The van der Waals surface area contributed by atoms with Gasteiger partial charge in [0.1, 0.15) is 0 Å². The SMILES string of the molecule is CC(CO)NCc1cc(F)c(F)c(F)c1. The Hall–Kier alpha value is -1.07. The number of halogens is 3. The van der Waals surface area contributed by atoms with Crippen molar-refractivity contribution in [1.29, 1.82) is 0 Å². The van der Waals surface area contributed by atoms with E-state index >= 15 is 0 Å². The highest BCUT2D eigenvalue weighted by molar-refractivity contribution is 5.19. The van der Waals surface area contributed by atoms with E-state index in [1.807, 2.05) is 0 Å². The first-order valence-corrected chi connectivity index (χ1v) is 4.52. The summed E-state index contributed by atoms with van der Waals surface area (Å²) >= 11 is 0. The molecule has 0 radical (unpaired) electrons. The van der Waals surface area contributed by atoms with Gasteiger partial charge in [-0.05, 0) is 24.6 Å². The molecule has 2 nitrogen and oxygen atoms in total. The number of aliphatic hydroxyl groups excluding tert-OH is 1. The van der Waals surface area contributed by atoms with Crippen LogP contribution in [0.2, 0.25) is 0 Å². The van der Waals surface area contributed by atoms with Gasteiger partial charge in [0.05, 0.1) is 6.61 Å². The van der Waals surface area contributed by atoms with Gasteiger partial charge in [0, 0.05) is 12.6 Å². The topological polar surface area (TPSA) is 32.3 Å². The number of nitrogens with one attached hydrogen (secondary N) is 1. The lowest BCUT2D eigenvalue weighted by Crippen LogP contribution is -2.28. The van der Waals surface area contributed by atoms with Crippen LogP contribution < -0.4 is 5.32 Å². The average Bonchev–Trinajstić information content (AvgIpc) is 2.22. The van der Waals surface area contributed by atoms with Gasteiger partial charge in [-0.15, -0.1) is 0 Å².